The van der Waals surface area contributed by atoms with Gasteiger partial charge in [0.05, 0.1) is 10.9 Å². The topological polar surface area (TPSA) is 121 Å². The summed E-state index contributed by atoms with van der Waals surface area (Å²) in [6.45, 7) is 1.87. The lowest BCUT2D eigenvalue weighted by Crippen LogP contribution is -2.41. The summed E-state index contributed by atoms with van der Waals surface area (Å²) in [5.74, 6) is -1.55. The number of aromatic amines is 1. The molecule has 0 fully saturated rings. The van der Waals surface area contributed by atoms with Crippen LogP contribution in [-0.4, -0.2) is 32.6 Å². The average Bonchev–Trinajstić information content (AvgIpc) is 2.54. The molecule has 1 amide bonds. The number of carbonyl (C=O) groups excluding carboxylic acids is 1. The van der Waals surface area contributed by atoms with Crippen LogP contribution in [0.3, 0.4) is 0 Å². The minimum atomic E-state index is -1.09. The summed E-state index contributed by atoms with van der Waals surface area (Å²) in [4.78, 5) is 49.0. The summed E-state index contributed by atoms with van der Waals surface area (Å²) in [7, 11) is 0. The number of nitrogens with one attached hydrogen (secondary N) is 2. The first-order valence-electron chi connectivity index (χ1n) is 7.68. The standard InChI is InChI=1S/C16H19N3O5/c1-2-5-11(15(22)23)17-13(20)8-9-19-12-7-4-3-6-10(12)14(21)18-16(19)24/h3-4,6-7,11H,2,5,8-9H2,1H3,(H,17,20)(H,22,23)(H,18,21,24). The van der Waals surface area contributed by atoms with E-state index in [9.17, 15) is 19.2 Å². The molecule has 0 aliphatic rings. The summed E-state index contributed by atoms with van der Waals surface area (Å²) in [6.07, 6.45) is 0.896. The van der Waals surface area contributed by atoms with Gasteiger partial charge in [0.15, 0.2) is 0 Å². The van der Waals surface area contributed by atoms with Crippen LogP contribution in [-0.2, 0) is 16.1 Å². The molecule has 0 bridgehead atoms. The normalized spacial score (nSPS) is 12.0. The van der Waals surface area contributed by atoms with Crippen LogP contribution in [0.5, 0.6) is 0 Å². The van der Waals surface area contributed by atoms with Gasteiger partial charge in [0.25, 0.3) is 5.56 Å². The second-order valence-corrected chi connectivity index (χ2v) is 5.43. The Bertz CT molecular complexity index is 868. The highest BCUT2D eigenvalue weighted by Crippen LogP contribution is 2.07. The lowest BCUT2D eigenvalue weighted by Gasteiger charge is -2.14. The van der Waals surface area contributed by atoms with E-state index >= 15 is 0 Å². The van der Waals surface area contributed by atoms with Gasteiger partial charge in [0.2, 0.25) is 5.91 Å². The molecule has 0 radical (unpaired) electrons. The SMILES string of the molecule is CCCC(NC(=O)CCn1c(=O)[nH]c(=O)c2ccccc21)C(=O)O. The third kappa shape index (κ3) is 3.89. The molecule has 24 heavy (non-hydrogen) atoms. The summed E-state index contributed by atoms with van der Waals surface area (Å²) >= 11 is 0. The first kappa shape index (κ1) is 17.5. The van der Waals surface area contributed by atoms with Gasteiger partial charge in [-0.3, -0.25) is 19.1 Å². The van der Waals surface area contributed by atoms with Crippen molar-refractivity contribution in [3.05, 3.63) is 45.1 Å². The molecule has 1 atom stereocenters. The number of carbonyl (C=O) groups is 2. The second kappa shape index (κ2) is 7.58. The van der Waals surface area contributed by atoms with E-state index in [2.05, 4.69) is 10.3 Å². The molecule has 0 saturated heterocycles. The van der Waals surface area contributed by atoms with Crippen molar-refractivity contribution >= 4 is 22.8 Å². The van der Waals surface area contributed by atoms with Crippen molar-refractivity contribution in [1.82, 2.24) is 14.9 Å². The van der Waals surface area contributed by atoms with Crippen LogP contribution < -0.4 is 16.6 Å². The number of rotatable bonds is 7. The molecule has 2 aromatic rings. The van der Waals surface area contributed by atoms with Crippen molar-refractivity contribution in [2.75, 3.05) is 0 Å². The minimum Gasteiger partial charge on any atom is -0.480 e. The molecular weight excluding hydrogens is 314 g/mol. The first-order chi connectivity index (χ1) is 11.4. The highest BCUT2D eigenvalue weighted by atomic mass is 16.4. The van der Waals surface area contributed by atoms with Crippen LogP contribution in [0.15, 0.2) is 33.9 Å². The Morgan fingerprint density at radius 2 is 2.00 bits per heavy atom. The molecule has 3 N–H and O–H groups in total. The monoisotopic (exact) mass is 333 g/mol. The van der Waals surface area contributed by atoms with E-state index in [1.165, 1.54) is 4.57 Å². The molecule has 0 saturated carbocycles. The maximum absolute atomic E-state index is 12.0. The smallest absolute Gasteiger partial charge is 0.328 e. The summed E-state index contributed by atoms with van der Waals surface area (Å²) in [6, 6.07) is 5.65. The van der Waals surface area contributed by atoms with Crippen LogP contribution in [0.4, 0.5) is 0 Å². The predicted octanol–water partition coefficient (Wildman–Crippen LogP) is 0.449. The van der Waals surface area contributed by atoms with Gasteiger partial charge in [-0.15, -0.1) is 0 Å². The number of benzene rings is 1. The summed E-state index contributed by atoms with van der Waals surface area (Å²) in [5, 5.41) is 11.8. The Kier molecular flexibility index (Phi) is 5.51. The van der Waals surface area contributed by atoms with Gasteiger partial charge in [-0.2, -0.15) is 0 Å². The first-order valence-corrected chi connectivity index (χ1v) is 7.68. The number of nitrogens with zero attached hydrogens (tertiary/aromatic N) is 1. The fourth-order valence-corrected chi connectivity index (χ4v) is 2.49. The Hall–Kier alpha value is -2.90. The van der Waals surface area contributed by atoms with Gasteiger partial charge in [0.1, 0.15) is 6.04 Å². The van der Waals surface area contributed by atoms with Crippen LogP contribution in [0.2, 0.25) is 0 Å². The molecule has 1 unspecified atom stereocenters. The van der Waals surface area contributed by atoms with E-state index in [1.54, 1.807) is 24.3 Å². The number of amides is 1. The molecular formula is C16H19N3O5. The van der Waals surface area contributed by atoms with Crippen molar-refractivity contribution in [2.24, 2.45) is 0 Å². The molecule has 0 aliphatic heterocycles. The Morgan fingerprint density at radius 3 is 2.67 bits per heavy atom. The van der Waals surface area contributed by atoms with Crippen LogP contribution >= 0.6 is 0 Å². The molecule has 2 rings (SSSR count). The number of carboxylic acid groups (broad SMARTS) is 1. The van der Waals surface area contributed by atoms with Crippen molar-refractivity contribution in [3.63, 3.8) is 0 Å². The zero-order chi connectivity index (χ0) is 17.7. The van der Waals surface area contributed by atoms with Crippen molar-refractivity contribution < 1.29 is 14.7 Å². The number of aliphatic carboxylic acids is 1. The van der Waals surface area contributed by atoms with Crippen molar-refractivity contribution in [1.29, 1.82) is 0 Å². The Labute approximate surface area is 137 Å². The molecule has 128 valence electrons. The van der Waals surface area contributed by atoms with E-state index in [0.29, 0.717) is 23.7 Å². The number of aryl methyl sites for hydroxylation is 1. The van der Waals surface area contributed by atoms with Gasteiger partial charge < -0.3 is 10.4 Å². The number of aromatic nitrogens is 2. The van der Waals surface area contributed by atoms with Crippen LogP contribution in [0.1, 0.15) is 26.2 Å². The minimum absolute atomic E-state index is 0.0421. The second-order valence-electron chi connectivity index (χ2n) is 5.43. The van der Waals surface area contributed by atoms with Gasteiger partial charge >= 0.3 is 11.7 Å². The molecule has 8 heteroatoms. The number of H-pyrrole nitrogens is 1. The van der Waals surface area contributed by atoms with E-state index in [0.717, 1.165) is 0 Å². The number of hydrogen-bond acceptors (Lipinski definition) is 4. The third-order valence-corrected chi connectivity index (χ3v) is 3.68. The van der Waals surface area contributed by atoms with E-state index in [1.807, 2.05) is 6.92 Å². The van der Waals surface area contributed by atoms with E-state index < -0.39 is 29.2 Å². The Balaban J connectivity index is 2.16. The number of carboxylic acids is 1. The van der Waals surface area contributed by atoms with Gasteiger partial charge in [0, 0.05) is 13.0 Å². The van der Waals surface area contributed by atoms with Crippen LogP contribution in [0.25, 0.3) is 10.9 Å². The number of hydrogen-bond donors (Lipinski definition) is 3. The molecule has 0 spiro atoms. The lowest BCUT2D eigenvalue weighted by molar-refractivity contribution is -0.142. The largest absolute Gasteiger partial charge is 0.480 e. The maximum Gasteiger partial charge on any atom is 0.328 e. The predicted molar refractivity (Wildman–Crippen MR) is 87.9 cm³/mol. The zero-order valence-electron chi connectivity index (χ0n) is 13.2. The van der Waals surface area contributed by atoms with Gasteiger partial charge in [-0.25, -0.2) is 9.59 Å². The molecule has 1 heterocycles. The molecule has 1 aromatic heterocycles. The zero-order valence-corrected chi connectivity index (χ0v) is 13.2. The molecule has 8 nitrogen and oxygen atoms in total. The number of fused-ring (bicyclic) bond motifs is 1. The van der Waals surface area contributed by atoms with Gasteiger partial charge in [-0.05, 0) is 18.6 Å². The fraction of sp³-hybridized carbons (Fsp3) is 0.375. The number of para-hydroxylation sites is 1. The highest BCUT2D eigenvalue weighted by Gasteiger charge is 2.18. The highest BCUT2D eigenvalue weighted by molar-refractivity contribution is 5.83. The fourth-order valence-electron chi connectivity index (χ4n) is 2.49. The summed E-state index contributed by atoms with van der Waals surface area (Å²) < 4.78 is 1.30. The Morgan fingerprint density at radius 1 is 1.29 bits per heavy atom. The molecule has 1 aromatic carbocycles. The quantitative estimate of drug-likeness (QED) is 0.679. The maximum atomic E-state index is 12.0. The third-order valence-electron chi connectivity index (χ3n) is 3.68. The van der Waals surface area contributed by atoms with Crippen molar-refractivity contribution in [3.8, 4) is 0 Å². The van der Waals surface area contributed by atoms with Crippen molar-refractivity contribution in [2.45, 2.75) is 38.8 Å². The lowest BCUT2D eigenvalue weighted by atomic mass is 10.1. The van der Waals surface area contributed by atoms with E-state index in [4.69, 9.17) is 5.11 Å². The molecule has 0 aliphatic carbocycles. The van der Waals surface area contributed by atoms with Crippen LogP contribution in [0, 0.1) is 0 Å². The van der Waals surface area contributed by atoms with E-state index in [-0.39, 0.29) is 13.0 Å². The average molecular weight is 333 g/mol. The van der Waals surface area contributed by atoms with Gasteiger partial charge in [-0.1, -0.05) is 25.5 Å². The summed E-state index contributed by atoms with van der Waals surface area (Å²) in [5.41, 5.74) is -0.651.